The molecule has 2 rings (SSSR count). The lowest BCUT2D eigenvalue weighted by Crippen LogP contribution is -2.28. The number of ketones is 1. The van der Waals surface area contributed by atoms with Crippen LogP contribution in [0.2, 0.25) is 0 Å². The molecule has 0 aromatic carbocycles. The molecule has 1 N–H and O–H groups in total. The zero-order valence-corrected chi connectivity index (χ0v) is 12.4. The van der Waals surface area contributed by atoms with Crippen LogP contribution in [0.4, 0.5) is 0 Å². The number of allylic oxidation sites excluding steroid dienone is 6. The highest BCUT2D eigenvalue weighted by atomic mass is 16.2. The average molecular weight is 274 g/mol. The first-order valence-corrected chi connectivity index (χ1v) is 7.89. The maximum absolute atomic E-state index is 12.3. The van der Waals surface area contributed by atoms with Gasteiger partial charge in [-0.25, -0.2) is 0 Å². The third-order valence-corrected chi connectivity index (χ3v) is 4.65. The predicted molar refractivity (Wildman–Crippen MR) is 82.3 cm³/mol. The molecule has 0 aliphatic heterocycles. The minimum Gasteiger partial charge on any atom is -0.396 e. The van der Waals surface area contributed by atoms with Crippen molar-refractivity contribution in [2.45, 2.75) is 45.4 Å². The summed E-state index contributed by atoms with van der Waals surface area (Å²) in [6.45, 7) is 2.30. The van der Waals surface area contributed by atoms with Crippen LogP contribution in [-0.4, -0.2) is 17.5 Å². The number of carbonyl (C=O) groups is 1. The molecule has 2 aliphatic rings. The average Bonchev–Trinajstić information content (AvgIpc) is 2.45. The summed E-state index contributed by atoms with van der Waals surface area (Å²) >= 11 is 0. The maximum atomic E-state index is 12.3. The second kappa shape index (κ2) is 7.58. The van der Waals surface area contributed by atoms with Crippen molar-refractivity contribution < 1.29 is 9.90 Å². The highest BCUT2D eigenvalue weighted by Gasteiger charge is 2.32. The zero-order chi connectivity index (χ0) is 14.4. The Balaban J connectivity index is 1.80. The molecule has 0 saturated heterocycles. The minimum atomic E-state index is 0.275. The third kappa shape index (κ3) is 3.92. The van der Waals surface area contributed by atoms with E-state index >= 15 is 0 Å². The Kier molecular flexibility index (Phi) is 5.78. The Morgan fingerprint density at radius 2 is 2.20 bits per heavy atom. The summed E-state index contributed by atoms with van der Waals surface area (Å²) in [6, 6.07) is 0. The summed E-state index contributed by atoms with van der Waals surface area (Å²) in [6.07, 6.45) is 16.5. The molecular formula is C18H26O2. The molecule has 0 spiro atoms. The van der Waals surface area contributed by atoms with Crippen molar-refractivity contribution in [1.82, 2.24) is 0 Å². The van der Waals surface area contributed by atoms with Gasteiger partial charge < -0.3 is 5.11 Å². The van der Waals surface area contributed by atoms with E-state index in [9.17, 15) is 4.79 Å². The molecule has 1 saturated carbocycles. The van der Waals surface area contributed by atoms with Crippen LogP contribution in [0, 0.1) is 17.8 Å². The first kappa shape index (κ1) is 15.2. The largest absolute Gasteiger partial charge is 0.396 e. The van der Waals surface area contributed by atoms with Gasteiger partial charge in [-0.3, -0.25) is 4.79 Å². The number of Topliss-reactive ketones (excluding diaryl/α,β-unsaturated/α-hetero) is 1. The molecule has 2 aliphatic carbocycles. The van der Waals surface area contributed by atoms with E-state index in [1.165, 1.54) is 12.8 Å². The molecule has 0 aromatic heterocycles. The Hall–Kier alpha value is -1.15. The highest BCUT2D eigenvalue weighted by molar-refractivity contribution is 5.98. The summed E-state index contributed by atoms with van der Waals surface area (Å²) in [5.41, 5.74) is 0.901. The van der Waals surface area contributed by atoms with Gasteiger partial charge in [0.2, 0.25) is 0 Å². The van der Waals surface area contributed by atoms with Crippen molar-refractivity contribution in [2.24, 2.45) is 17.8 Å². The number of rotatable bonds is 7. The maximum Gasteiger partial charge on any atom is 0.162 e. The zero-order valence-electron chi connectivity index (χ0n) is 12.4. The van der Waals surface area contributed by atoms with Crippen LogP contribution in [0.1, 0.15) is 45.4 Å². The fourth-order valence-electron chi connectivity index (χ4n) is 3.23. The molecule has 0 aromatic rings. The fourth-order valence-corrected chi connectivity index (χ4v) is 3.23. The van der Waals surface area contributed by atoms with E-state index in [2.05, 4.69) is 24.3 Å². The number of hydrogen-bond acceptors (Lipinski definition) is 2. The first-order chi connectivity index (χ1) is 9.74. The molecule has 3 atom stereocenters. The molecule has 2 nitrogen and oxygen atoms in total. The van der Waals surface area contributed by atoms with Crippen molar-refractivity contribution in [1.29, 1.82) is 0 Å². The van der Waals surface area contributed by atoms with Crippen LogP contribution in [-0.2, 0) is 4.79 Å². The van der Waals surface area contributed by atoms with Crippen molar-refractivity contribution >= 4 is 5.78 Å². The van der Waals surface area contributed by atoms with E-state index < -0.39 is 0 Å². The van der Waals surface area contributed by atoms with E-state index in [1.54, 1.807) is 0 Å². The molecule has 0 radical (unpaired) electrons. The monoisotopic (exact) mass is 274 g/mol. The molecule has 0 amide bonds. The summed E-state index contributed by atoms with van der Waals surface area (Å²) in [7, 11) is 0. The van der Waals surface area contributed by atoms with Gasteiger partial charge in [-0.1, -0.05) is 30.4 Å². The number of aliphatic hydroxyl groups is 1. The first-order valence-electron chi connectivity index (χ1n) is 7.89. The predicted octanol–water partition coefficient (Wildman–Crippen LogP) is 3.82. The molecule has 1 fully saturated rings. The van der Waals surface area contributed by atoms with Crippen molar-refractivity contribution in [3.63, 3.8) is 0 Å². The Labute approximate surface area is 122 Å². The highest BCUT2D eigenvalue weighted by Crippen LogP contribution is 2.40. The standard InChI is InChI=1S/C18H26O2/c1-2-4-14-6-8-16(9-7-14)18(20)13-17-11-10-15(17)5-3-12-19/h2,4,6,8-9,14-15,17,19H,3,5,7,10-13H2,1H3. The van der Waals surface area contributed by atoms with E-state index in [1.807, 2.05) is 13.0 Å². The van der Waals surface area contributed by atoms with E-state index in [4.69, 9.17) is 5.11 Å². The van der Waals surface area contributed by atoms with Gasteiger partial charge in [0.05, 0.1) is 0 Å². The summed E-state index contributed by atoms with van der Waals surface area (Å²) in [5, 5.41) is 8.88. The second-order valence-corrected chi connectivity index (χ2v) is 6.03. The topological polar surface area (TPSA) is 37.3 Å². The van der Waals surface area contributed by atoms with Gasteiger partial charge in [0.25, 0.3) is 0 Å². The van der Waals surface area contributed by atoms with E-state index in [-0.39, 0.29) is 6.61 Å². The quantitative estimate of drug-likeness (QED) is 0.717. The molecule has 110 valence electrons. The van der Waals surface area contributed by atoms with Crippen molar-refractivity contribution in [3.05, 3.63) is 36.0 Å². The normalized spacial score (nSPS) is 29.3. The van der Waals surface area contributed by atoms with Crippen molar-refractivity contribution in [2.75, 3.05) is 6.61 Å². The SMILES string of the molecule is CC=CC1C=CC(C(=O)CC2CCC2CCCO)=CC1. The van der Waals surface area contributed by atoms with E-state index in [0.717, 1.165) is 24.8 Å². The lowest BCUT2D eigenvalue weighted by atomic mass is 9.68. The van der Waals surface area contributed by atoms with Gasteiger partial charge in [-0.15, -0.1) is 0 Å². The van der Waals surface area contributed by atoms with E-state index in [0.29, 0.717) is 30.0 Å². The summed E-state index contributed by atoms with van der Waals surface area (Å²) in [4.78, 5) is 12.3. The lowest BCUT2D eigenvalue weighted by molar-refractivity contribution is -0.117. The third-order valence-electron chi connectivity index (χ3n) is 4.65. The molecule has 0 bridgehead atoms. The van der Waals surface area contributed by atoms with Crippen LogP contribution in [0.5, 0.6) is 0 Å². The summed E-state index contributed by atoms with van der Waals surface area (Å²) < 4.78 is 0. The second-order valence-electron chi connectivity index (χ2n) is 6.03. The number of carbonyl (C=O) groups excluding carboxylic acids is 1. The summed E-state index contributed by atoms with van der Waals surface area (Å²) in [5.74, 6) is 1.98. The minimum absolute atomic E-state index is 0.275. The Morgan fingerprint density at radius 3 is 2.75 bits per heavy atom. The van der Waals surface area contributed by atoms with Crippen LogP contribution in [0.3, 0.4) is 0 Å². The van der Waals surface area contributed by atoms with Crippen LogP contribution in [0.25, 0.3) is 0 Å². The Bertz CT molecular complexity index is 417. The van der Waals surface area contributed by atoms with Gasteiger partial charge in [-0.05, 0) is 56.8 Å². The van der Waals surface area contributed by atoms with Crippen molar-refractivity contribution in [3.8, 4) is 0 Å². The fraction of sp³-hybridized carbons (Fsp3) is 0.611. The molecule has 3 unspecified atom stereocenters. The number of hydrogen-bond donors (Lipinski definition) is 1. The molecule has 0 heterocycles. The van der Waals surface area contributed by atoms with Crippen LogP contribution in [0.15, 0.2) is 36.0 Å². The van der Waals surface area contributed by atoms with Gasteiger partial charge in [0, 0.05) is 18.6 Å². The van der Waals surface area contributed by atoms with Crippen LogP contribution < -0.4 is 0 Å². The molecule has 2 heteroatoms. The number of aliphatic hydroxyl groups excluding tert-OH is 1. The van der Waals surface area contributed by atoms with Gasteiger partial charge in [0.1, 0.15) is 0 Å². The van der Waals surface area contributed by atoms with Crippen LogP contribution >= 0.6 is 0 Å². The lowest BCUT2D eigenvalue weighted by Gasteiger charge is -2.36. The Morgan fingerprint density at radius 1 is 1.40 bits per heavy atom. The van der Waals surface area contributed by atoms with Gasteiger partial charge in [-0.2, -0.15) is 0 Å². The van der Waals surface area contributed by atoms with Gasteiger partial charge in [0.15, 0.2) is 5.78 Å². The smallest absolute Gasteiger partial charge is 0.162 e. The molecule has 20 heavy (non-hydrogen) atoms. The van der Waals surface area contributed by atoms with Gasteiger partial charge >= 0.3 is 0 Å². The molecular weight excluding hydrogens is 248 g/mol.